The number of thiophene rings is 1. The zero-order valence-corrected chi connectivity index (χ0v) is 12.2. The van der Waals surface area contributed by atoms with E-state index in [2.05, 4.69) is 17.6 Å². The van der Waals surface area contributed by atoms with Crippen molar-refractivity contribution in [1.82, 2.24) is 10.6 Å². The lowest BCUT2D eigenvalue weighted by Gasteiger charge is -2.19. The van der Waals surface area contributed by atoms with Crippen LogP contribution in [0.5, 0.6) is 0 Å². The summed E-state index contributed by atoms with van der Waals surface area (Å²) in [7, 11) is 0. The summed E-state index contributed by atoms with van der Waals surface area (Å²) < 4.78 is 0.823. The molecular weight excluding hydrogens is 272 g/mol. The molecule has 1 aliphatic carbocycles. The fourth-order valence-electron chi connectivity index (χ4n) is 2.13. The molecule has 0 aromatic carbocycles. The highest BCUT2D eigenvalue weighted by Crippen LogP contribution is 2.26. The highest BCUT2D eigenvalue weighted by atomic mass is 35.5. The Morgan fingerprint density at radius 3 is 2.76 bits per heavy atom. The van der Waals surface area contributed by atoms with Crippen molar-refractivity contribution in [2.45, 2.75) is 44.7 Å². The minimum absolute atomic E-state index is 0.217. The quantitative estimate of drug-likeness (QED) is 0.826. The first kappa shape index (κ1) is 13.1. The van der Waals surface area contributed by atoms with Gasteiger partial charge in [-0.3, -0.25) is 0 Å². The number of thiocarbonyl (C=S) groups is 1. The van der Waals surface area contributed by atoms with Crippen LogP contribution in [0, 0.1) is 0 Å². The van der Waals surface area contributed by atoms with Crippen LogP contribution >= 0.6 is 35.2 Å². The Hall–Kier alpha value is -0.320. The van der Waals surface area contributed by atoms with Gasteiger partial charge in [-0.2, -0.15) is 0 Å². The largest absolute Gasteiger partial charge is 0.360 e. The minimum Gasteiger partial charge on any atom is -0.360 e. The Labute approximate surface area is 117 Å². The third kappa shape index (κ3) is 3.83. The van der Waals surface area contributed by atoms with E-state index in [0.717, 1.165) is 9.45 Å². The third-order valence-corrected chi connectivity index (χ3v) is 4.71. The first-order valence-electron chi connectivity index (χ1n) is 5.97. The summed E-state index contributed by atoms with van der Waals surface area (Å²) in [5.41, 5.74) is 0. The number of halogens is 1. The van der Waals surface area contributed by atoms with Crippen LogP contribution in [0.1, 0.15) is 43.5 Å². The van der Waals surface area contributed by atoms with E-state index < -0.39 is 0 Å². The summed E-state index contributed by atoms with van der Waals surface area (Å²) in [6.45, 7) is 2.10. The predicted molar refractivity (Wildman–Crippen MR) is 78.9 cm³/mol. The lowest BCUT2D eigenvalue weighted by Crippen LogP contribution is -2.41. The van der Waals surface area contributed by atoms with Gasteiger partial charge in [-0.25, -0.2) is 0 Å². The van der Waals surface area contributed by atoms with E-state index in [1.54, 1.807) is 11.3 Å². The van der Waals surface area contributed by atoms with E-state index >= 15 is 0 Å². The monoisotopic (exact) mass is 288 g/mol. The van der Waals surface area contributed by atoms with Crippen LogP contribution in [-0.2, 0) is 0 Å². The molecule has 2 N–H and O–H groups in total. The summed E-state index contributed by atoms with van der Waals surface area (Å²) in [4.78, 5) is 1.21. The third-order valence-electron chi connectivity index (χ3n) is 3.06. The molecule has 1 fully saturated rings. The molecule has 1 aromatic heterocycles. The Morgan fingerprint density at radius 1 is 1.47 bits per heavy atom. The first-order chi connectivity index (χ1) is 8.15. The molecule has 1 aromatic rings. The molecule has 1 heterocycles. The molecule has 2 rings (SSSR count). The molecule has 0 aliphatic heterocycles. The van der Waals surface area contributed by atoms with Crippen molar-refractivity contribution in [3.63, 3.8) is 0 Å². The average molecular weight is 289 g/mol. The van der Waals surface area contributed by atoms with Gasteiger partial charge in [0, 0.05) is 10.9 Å². The fraction of sp³-hybridized carbons (Fsp3) is 0.583. The second kappa shape index (κ2) is 6.03. The summed E-state index contributed by atoms with van der Waals surface area (Å²) >= 11 is 12.8. The summed E-state index contributed by atoms with van der Waals surface area (Å²) in [6.07, 6.45) is 5.11. The molecule has 1 atom stereocenters. The van der Waals surface area contributed by atoms with E-state index in [4.69, 9.17) is 23.8 Å². The SMILES string of the molecule is CC(NC(=S)NC1CCCC1)c1ccc(Cl)s1. The van der Waals surface area contributed by atoms with Crippen LogP contribution in [0.15, 0.2) is 12.1 Å². The lowest BCUT2D eigenvalue weighted by molar-refractivity contribution is 0.608. The zero-order valence-electron chi connectivity index (χ0n) is 9.83. The average Bonchev–Trinajstić information content (AvgIpc) is 2.89. The predicted octanol–water partition coefficient (Wildman–Crippen LogP) is 3.87. The summed E-state index contributed by atoms with van der Waals surface area (Å²) in [5.74, 6) is 0. The van der Waals surface area contributed by atoms with Crippen molar-refractivity contribution in [3.8, 4) is 0 Å². The molecule has 0 radical (unpaired) electrons. The molecule has 17 heavy (non-hydrogen) atoms. The Balaban J connectivity index is 1.81. The van der Waals surface area contributed by atoms with Gasteiger partial charge in [-0.1, -0.05) is 24.4 Å². The van der Waals surface area contributed by atoms with E-state index in [-0.39, 0.29) is 6.04 Å². The normalized spacial score (nSPS) is 18.0. The van der Waals surface area contributed by atoms with Gasteiger partial charge in [-0.15, -0.1) is 11.3 Å². The van der Waals surface area contributed by atoms with Crippen LogP contribution in [0.4, 0.5) is 0 Å². The van der Waals surface area contributed by atoms with E-state index in [1.807, 2.05) is 12.1 Å². The van der Waals surface area contributed by atoms with Crippen LogP contribution in [0.25, 0.3) is 0 Å². The fourth-order valence-corrected chi connectivity index (χ4v) is 3.53. The van der Waals surface area contributed by atoms with Crippen molar-refractivity contribution in [2.75, 3.05) is 0 Å². The highest BCUT2D eigenvalue weighted by Gasteiger charge is 2.16. The number of rotatable bonds is 3. The number of hydrogen-bond donors (Lipinski definition) is 2. The molecule has 1 aliphatic rings. The van der Waals surface area contributed by atoms with Gasteiger partial charge in [0.15, 0.2) is 5.11 Å². The molecule has 0 amide bonds. The first-order valence-corrected chi connectivity index (χ1v) is 7.57. The molecule has 0 spiro atoms. The van der Waals surface area contributed by atoms with Gasteiger partial charge in [0.25, 0.3) is 0 Å². The van der Waals surface area contributed by atoms with Crippen molar-refractivity contribution in [1.29, 1.82) is 0 Å². The molecule has 5 heteroatoms. The van der Waals surface area contributed by atoms with Crippen molar-refractivity contribution < 1.29 is 0 Å². The second-order valence-electron chi connectivity index (χ2n) is 4.46. The van der Waals surface area contributed by atoms with Crippen LogP contribution in [-0.4, -0.2) is 11.2 Å². The van der Waals surface area contributed by atoms with Gasteiger partial charge >= 0.3 is 0 Å². The van der Waals surface area contributed by atoms with E-state index in [0.29, 0.717) is 6.04 Å². The highest BCUT2D eigenvalue weighted by molar-refractivity contribution is 7.80. The lowest BCUT2D eigenvalue weighted by atomic mass is 10.2. The Morgan fingerprint density at radius 2 is 2.18 bits per heavy atom. The van der Waals surface area contributed by atoms with Crippen molar-refractivity contribution in [2.24, 2.45) is 0 Å². The van der Waals surface area contributed by atoms with Crippen LogP contribution < -0.4 is 10.6 Å². The zero-order chi connectivity index (χ0) is 12.3. The number of hydrogen-bond acceptors (Lipinski definition) is 2. The van der Waals surface area contributed by atoms with Crippen molar-refractivity contribution in [3.05, 3.63) is 21.3 Å². The van der Waals surface area contributed by atoms with E-state index in [9.17, 15) is 0 Å². The van der Waals surface area contributed by atoms with Gasteiger partial charge in [0.05, 0.1) is 10.4 Å². The Kier molecular flexibility index (Phi) is 4.65. The van der Waals surface area contributed by atoms with Gasteiger partial charge in [0.2, 0.25) is 0 Å². The molecule has 1 saturated carbocycles. The molecule has 2 nitrogen and oxygen atoms in total. The molecule has 0 saturated heterocycles. The standard InChI is InChI=1S/C12H17ClN2S2/c1-8(10-6-7-11(13)17-10)14-12(16)15-9-4-2-3-5-9/h6-9H,2-5H2,1H3,(H2,14,15,16). The second-order valence-corrected chi connectivity index (χ2v) is 6.62. The summed E-state index contributed by atoms with van der Waals surface area (Å²) in [6, 6.07) is 4.75. The van der Waals surface area contributed by atoms with Crippen LogP contribution in [0.2, 0.25) is 4.34 Å². The van der Waals surface area contributed by atoms with Gasteiger partial charge in [-0.05, 0) is 44.1 Å². The minimum atomic E-state index is 0.217. The molecular formula is C12H17ClN2S2. The maximum Gasteiger partial charge on any atom is 0.167 e. The van der Waals surface area contributed by atoms with Gasteiger partial charge in [0.1, 0.15) is 0 Å². The smallest absolute Gasteiger partial charge is 0.167 e. The summed E-state index contributed by atoms with van der Waals surface area (Å²) in [5, 5.41) is 7.45. The number of nitrogens with one attached hydrogen (secondary N) is 2. The Bertz CT molecular complexity index is 386. The topological polar surface area (TPSA) is 24.1 Å². The maximum atomic E-state index is 5.92. The van der Waals surface area contributed by atoms with Gasteiger partial charge < -0.3 is 10.6 Å². The molecule has 94 valence electrons. The van der Waals surface area contributed by atoms with Crippen LogP contribution in [0.3, 0.4) is 0 Å². The molecule has 1 unspecified atom stereocenters. The molecule has 0 bridgehead atoms. The van der Waals surface area contributed by atoms with Crippen molar-refractivity contribution >= 4 is 40.3 Å². The maximum absolute atomic E-state index is 5.92. The van der Waals surface area contributed by atoms with E-state index in [1.165, 1.54) is 30.6 Å².